The van der Waals surface area contributed by atoms with Crippen LogP contribution in [0.25, 0.3) is 0 Å². The van der Waals surface area contributed by atoms with Crippen molar-refractivity contribution in [2.75, 3.05) is 75.4 Å². The molecule has 4 unspecified atom stereocenters. The molecule has 0 heterocycles. The van der Waals surface area contributed by atoms with E-state index < -0.39 is 158 Å². The van der Waals surface area contributed by atoms with E-state index in [-0.39, 0.29) is 16.3 Å². The molecule has 0 aliphatic carbocycles. The van der Waals surface area contributed by atoms with Crippen molar-refractivity contribution in [3.8, 4) is 24.0 Å². The molecule has 6 aromatic carbocycles. The van der Waals surface area contributed by atoms with Gasteiger partial charge in [0.15, 0.2) is 16.6 Å². The molecule has 0 aliphatic heterocycles. The third kappa shape index (κ3) is 40.4. The number of nitrogens with one attached hydrogen (secondary N) is 1. The summed E-state index contributed by atoms with van der Waals surface area (Å²) >= 11 is 1.67. The van der Waals surface area contributed by atoms with E-state index >= 15 is 0 Å². The molecule has 0 aromatic heterocycles. The van der Waals surface area contributed by atoms with E-state index in [1.807, 2.05) is 44.4 Å². The van der Waals surface area contributed by atoms with E-state index in [2.05, 4.69) is 190 Å². The quantitative estimate of drug-likeness (QED) is 0.0103. The van der Waals surface area contributed by atoms with Crippen molar-refractivity contribution in [2.45, 2.75) is 103 Å². The summed E-state index contributed by atoms with van der Waals surface area (Å²) < 4.78 is 133. The summed E-state index contributed by atoms with van der Waals surface area (Å²) in [5, 5.41) is 8.24. The predicted molar refractivity (Wildman–Crippen MR) is 513 cm³/mol. The Labute approximate surface area is 754 Å². The molecule has 0 fully saturated rings. The van der Waals surface area contributed by atoms with Crippen molar-refractivity contribution in [1.82, 2.24) is 0 Å². The van der Waals surface area contributed by atoms with Crippen molar-refractivity contribution in [3.63, 3.8) is 0 Å². The molecule has 0 saturated heterocycles. The number of rotatable bonds is 54. The number of hydrogen-bond donors (Lipinski definition) is 5. The van der Waals surface area contributed by atoms with Crippen LogP contribution in [0, 0.1) is 28.3 Å². The van der Waals surface area contributed by atoms with Gasteiger partial charge in [0.1, 0.15) is 0 Å². The Hall–Kier alpha value is -2.86. The minimum absolute atomic E-state index is 0. The van der Waals surface area contributed by atoms with Gasteiger partial charge in [-0.1, -0.05) is 225 Å². The molecule has 0 saturated carbocycles. The Bertz CT molecular complexity index is 4010. The van der Waals surface area contributed by atoms with E-state index in [9.17, 15) is 19.2 Å². The third-order valence-electron chi connectivity index (χ3n) is 16.9. The summed E-state index contributed by atoms with van der Waals surface area (Å²) in [7, 11) is -42.4. The third-order valence-corrected chi connectivity index (χ3v) is 64.5. The van der Waals surface area contributed by atoms with Gasteiger partial charge in [-0.15, -0.1) is 43.7 Å². The van der Waals surface area contributed by atoms with Crippen LogP contribution in [0.4, 0.5) is 0 Å². The Kier molecular flexibility index (Phi) is 54.0. The monoisotopic (exact) mass is 2000 g/mol. The Morgan fingerprint density at radius 2 is 0.545 bits per heavy atom. The molecule has 0 aliphatic rings. The minimum atomic E-state index is -5.04. The van der Waals surface area contributed by atoms with Crippen molar-refractivity contribution in [3.05, 3.63) is 219 Å². The normalized spacial score (nSPS) is 14.8. The first-order valence-electron chi connectivity index (χ1n) is 37.6. The second-order valence-corrected chi connectivity index (χ2v) is 73.6. The van der Waals surface area contributed by atoms with Crippen molar-refractivity contribution < 1.29 is 112 Å². The van der Waals surface area contributed by atoms with Crippen LogP contribution in [0.3, 0.4) is 0 Å². The summed E-state index contributed by atoms with van der Waals surface area (Å²) in [4.78, 5) is 45.6. The van der Waals surface area contributed by atoms with Gasteiger partial charge in [0.05, 0.1) is 0 Å². The first-order chi connectivity index (χ1) is 57.0. The molecule has 0 spiro atoms. The van der Waals surface area contributed by atoms with E-state index in [1.54, 1.807) is 48.0 Å². The predicted octanol–water partition coefficient (Wildman–Crippen LogP) is 9.38. The van der Waals surface area contributed by atoms with Crippen LogP contribution >= 0.6 is 23.8 Å². The summed E-state index contributed by atoms with van der Waals surface area (Å²) in [6.07, 6.45) is 10.8. The van der Waals surface area contributed by atoms with E-state index in [4.69, 9.17) is 121 Å². The number of benzene rings is 6. The molecule has 6 atom stereocenters. The first-order valence-corrected chi connectivity index (χ1v) is 72.1. The van der Waals surface area contributed by atoms with Gasteiger partial charge in [0.25, 0.3) is 0 Å². The van der Waals surface area contributed by atoms with E-state index in [0.717, 1.165) is 84.4 Å². The van der Waals surface area contributed by atoms with Gasteiger partial charge in [-0.2, -0.15) is 0 Å². The van der Waals surface area contributed by atoms with E-state index in [0.29, 0.717) is 6.04 Å². The molecule has 121 heavy (non-hydrogen) atoms. The zero-order chi connectivity index (χ0) is 89.7. The summed E-state index contributed by atoms with van der Waals surface area (Å²) in [6, 6.07) is 88.7. The fourth-order valence-electron chi connectivity index (χ4n) is 10.9. The van der Waals surface area contributed by atoms with Crippen LogP contribution in [0.2, 0.25) is 64.5 Å². The fraction of sp³-hybridized carbons (Fsp3) is 0.370. The molecule has 0 bridgehead atoms. The second-order valence-electron chi connectivity index (χ2n) is 27.6. The Morgan fingerprint density at radius 3 is 0.793 bits per heavy atom. The summed E-state index contributed by atoms with van der Waals surface area (Å²) in [5.74, 6) is 0. The molecule has 48 heteroatoms. The summed E-state index contributed by atoms with van der Waals surface area (Å²) in [5.41, 5.74) is 3.13. The van der Waals surface area contributed by atoms with Crippen molar-refractivity contribution in [1.29, 1.82) is 4.35 Å². The maximum atomic E-state index is 12.3. The number of hydrogen-bond acceptors (Lipinski definition) is 27. The fourth-order valence-corrected chi connectivity index (χ4v) is 57.7. The average molecular weight is 2010 g/mol. The number of unbranched alkanes of at least 4 members (excludes halogenated alkanes) is 4. The van der Waals surface area contributed by atoms with Crippen LogP contribution in [-0.4, -0.2) is 262 Å². The Morgan fingerprint density at radius 1 is 0.322 bits per heavy atom. The van der Waals surface area contributed by atoms with Crippen molar-refractivity contribution in [2.24, 2.45) is 0 Å². The van der Waals surface area contributed by atoms with Gasteiger partial charge in [-0.3, -0.25) is 0 Å². The molecule has 6 aromatic rings. The van der Waals surface area contributed by atoms with Gasteiger partial charge in [0, 0.05) is 65.3 Å². The molecule has 27 nitrogen and oxygen atoms in total. The van der Waals surface area contributed by atoms with Gasteiger partial charge in [-0.05, 0) is 151 Å². The molecular formula is C73H118AlBNO26P3Si16. The summed E-state index contributed by atoms with van der Waals surface area (Å²) in [6.45, 7) is 26.4. The number of allylic oxidation sites excluding steroid dienone is 1. The van der Waals surface area contributed by atoms with Crippen LogP contribution in [0.15, 0.2) is 219 Å². The second kappa shape index (κ2) is 57.2. The molecule has 5 N–H and O–H groups in total. The van der Waals surface area contributed by atoms with Crippen LogP contribution in [0.1, 0.15) is 38.5 Å². The zero-order valence-corrected chi connectivity index (χ0v) is 91.9. The van der Waals surface area contributed by atoms with Crippen LogP contribution in [0.5, 0.6) is 0 Å². The van der Waals surface area contributed by atoms with Crippen LogP contribution in [-0.2, 0) is 93.0 Å². The Balaban J connectivity index is 0.000000757. The van der Waals surface area contributed by atoms with Gasteiger partial charge >= 0.3 is 92.8 Å². The molecule has 656 valence electrons. The SMILES string of the molecule is C#[Si]O[Si](OC)(O[Si](C)(C)C=C)O[Si@](O)(OC)O[Si](O[Si]#C)(O[Si](C)(C)C=C)O[Si](O)(OC)OC.C#[Si]O[Si](OC)(O[Si](C)(C)CCCCCP(c1ccccc1)c1ccccc1)O[Si@](O)(OC)O[Si](O[Si]#C)(O[Si](C)(C)CCCCCP(c1ccccc1)c1ccccc1)O[Si](O)(OC)OC.C=CCP(c1ccccc1)c1ccccc1.[B].[NH]=[Al]. The van der Waals surface area contributed by atoms with Gasteiger partial charge in [0.2, 0.25) is 53.4 Å². The standard InChI is InChI=1S/C44H68O13P2Si8.C15H15P.C14H34O13Si8.Al.B.HN/c1-47-64(45,48-2)55-67(52-61-6,54-63(9,10)40-28-16-26-38-59(43-33-21-13-22-34-43)44-35-23-14-24-36-44)57-65(46,49-3)56-66(50-4,51-60-5)53-62(7,8)39-27-15-25-37-58(41-29-17-11-18-30-41)42-31-19-12-20-32-42;1-2-13-16(14-9-5-3-6-10-14)15-11-7-4-8-12-15;1-13-30(9,10)23-34(20-6,21-28-7)26-33(16,19-5)27-35(22-29-8,24-31(11,12)14-2)25-32(15,17-3)18-4;;;/h5-6,11-14,17-24,29-36,45-46H,15-16,25-28,37-40H2,1-4,7-10H3;2-12H,1,13H2;7-8,13-16H,1-2H2,3-6,9-12H3;;;1H/t65-,66?,67?;;33-,34?,35?;;;/m0.0.../s1. The van der Waals surface area contributed by atoms with Crippen molar-refractivity contribution >= 4 is 223 Å². The molecular weight excluding hydrogens is 1890 g/mol. The van der Waals surface area contributed by atoms with E-state index in [1.165, 1.54) is 73.1 Å². The molecule has 0 amide bonds. The van der Waals surface area contributed by atoms with Gasteiger partial charge < -0.3 is 112 Å². The maximum absolute atomic E-state index is 12.3. The van der Waals surface area contributed by atoms with Gasteiger partial charge in [-0.25, -0.2) is 0 Å². The molecule has 6 rings (SSSR count). The van der Waals surface area contributed by atoms with Crippen LogP contribution < -0.4 is 31.8 Å². The topological polar surface area (TPSA) is 308 Å². The average Bonchev–Trinajstić information content (AvgIpc) is 0.775. The first kappa shape index (κ1) is 114. The zero-order valence-electron chi connectivity index (χ0n) is 72.0. The molecule has 4 radical (unpaired) electrons.